The highest BCUT2D eigenvalue weighted by Gasteiger charge is 2.23. The van der Waals surface area contributed by atoms with Crippen molar-refractivity contribution in [3.63, 3.8) is 0 Å². The number of ether oxygens (including phenoxy) is 1. The van der Waals surface area contributed by atoms with Gasteiger partial charge in [-0.3, -0.25) is 0 Å². The summed E-state index contributed by atoms with van der Waals surface area (Å²) in [7, 11) is 2.02. The van der Waals surface area contributed by atoms with Gasteiger partial charge in [0.1, 0.15) is 0 Å². The molecule has 3 rings (SSSR count). The van der Waals surface area contributed by atoms with Gasteiger partial charge in [-0.05, 0) is 24.6 Å². The lowest BCUT2D eigenvalue weighted by molar-refractivity contribution is -0.143. The van der Waals surface area contributed by atoms with Crippen LogP contribution in [0, 0.1) is 0 Å². The van der Waals surface area contributed by atoms with Crippen LogP contribution in [0.4, 0.5) is 0 Å². The molecule has 3 heteroatoms. The van der Waals surface area contributed by atoms with Crippen molar-refractivity contribution in [3.05, 3.63) is 83.4 Å². The van der Waals surface area contributed by atoms with Gasteiger partial charge in [0.2, 0.25) is 0 Å². The number of benzene rings is 2. The molecule has 23 heavy (non-hydrogen) atoms. The molecular formula is C20H21NO2. The Morgan fingerprint density at radius 3 is 2.09 bits per heavy atom. The quantitative estimate of drug-likeness (QED) is 0.809. The first-order chi connectivity index (χ1) is 11.2. The average molecular weight is 307 g/mol. The Labute approximate surface area is 137 Å². The predicted octanol–water partition coefficient (Wildman–Crippen LogP) is 3.58. The van der Waals surface area contributed by atoms with E-state index in [4.69, 9.17) is 4.74 Å². The van der Waals surface area contributed by atoms with Crippen LogP contribution in [-0.2, 0) is 9.53 Å². The van der Waals surface area contributed by atoms with Gasteiger partial charge >= 0.3 is 5.97 Å². The largest absolute Gasteiger partial charge is 0.449 e. The highest BCUT2D eigenvalue weighted by molar-refractivity contribution is 5.89. The fourth-order valence-electron chi connectivity index (χ4n) is 2.81. The molecule has 2 aromatic rings. The maximum Gasteiger partial charge on any atom is 0.335 e. The summed E-state index contributed by atoms with van der Waals surface area (Å²) < 4.78 is 5.88. The van der Waals surface area contributed by atoms with Crippen LogP contribution < -0.4 is 0 Å². The molecule has 1 aliphatic heterocycles. The van der Waals surface area contributed by atoms with E-state index in [1.165, 1.54) is 0 Å². The van der Waals surface area contributed by atoms with Crippen LogP contribution >= 0.6 is 0 Å². The summed E-state index contributed by atoms with van der Waals surface area (Å²) in [6.45, 7) is 1.63. The zero-order chi connectivity index (χ0) is 16.1. The van der Waals surface area contributed by atoms with Gasteiger partial charge < -0.3 is 9.64 Å². The second kappa shape index (κ2) is 7.25. The van der Waals surface area contributed by atoms with Crippen LogP contribution in [0.1, 0.15) is 23.7 Å². The van der Waals surface area contributed by atoms with Gasteiger partial charge in [0.05, 0.1) is 0 Å². The van der Waals surface area contributed by atoms with Crippen molar-refractivity contribution in [1.82, 2.24) is 4.90 Å². The van der Waals surface area contributed by atoms with E-state index in [2.05, 4.69) is 4.90 Å². The first-order valence-electron chi connectivity index (χ1n) is 7.92. The molecule has 0 spiro atoms. The van der Waals surface area contributed by atoms with Gasteiger partial charge in [-0.1, -0.05) is 66.7 Å². The van der Waals surface area contributed by atoms with Crippen LogP contribution in [0.25, 0.3) is 0 Å². The zero-order valence-electron chi connectivity index (χ0n) is 13.3. The zero-order valence-corrected chi connectivity index (χ0v) is 13.3. The number of rotatable bonds is 4. The van der Waals surface area contributed by atoms with Gasteiger partial charge in [0.25, 0.3) is 0 Å². The summed E-state index contributed by atoms with van der Waals surface area (Å²) in [6.07, 6.45) is 2.51. The molecule has 0 N–H and O–H groups in total. The Hall–Kier alpha value is -2.39. The summed E-state index contributed by atoms with van der Waals surface area (Å²) in [6, 6.07) is 19.8. The van der Waals surface area contributed by atoms with Gasteiger partial charge in [0, 0.05) is 18.7 Å². The Balaban J connectivity index is 1.85. The van der Waals surface area contributed by atoms with Crippen LogP contribution in [-0.4, -0.2) is 31.0 Å². The van der Waals surface area contributed by atoms with Crippen LogP contribution in [0.2, 0.25) is 0 Å². The Bertz CT molecular complexity index is 640. The lowest BCUT2D eigenvalue weighted by Gasteiger charge is -2.24. The van der Waals surface area contributed by atoms with E-state index in [1.54, 1.807) is 0 Å². The van der Waals surface area contributed by atoms with Gasteiger partial charge in [-0.25, -0.2) is 4.79 Å². The van der Waals surface area contributed by atoms with Crippen molar-refractivity contribution in [1.29, 1.82) is 0 Å². The third-order valence-electron chi connectivity index (χ3n) is 4.03. The summed E-state index contributed by atoms with van der Waals surface area (Å²) in [5.41, 5.74) is 2.71. The molecule has 2 aromatic carbocycles. The monoisotopic (exact) mass is 307 g/mol. The molecule has 0 aliphatic carbocycles. The van der Waals surface area contributed by atoms with E-state index >= 15 is 0 Å². The first kappa shape index (κ1) is 15.5. The van der Waals surface area contributed by atoms with E-state index < -0.39 is 0 Å². The summed E-state index contributed by atoms with van der Waals surface area (Å²) in [4.78, 5) is 14.7. The second-order valence-corrected chi connectivity index (χ2v) is 5.86. The average Bonchev–Trinajstić information content (AvgIpc) is 2.61. The minimum atomic E-state index is -0.377. The Morgan fingerprint density at radius 2 is 1.57 bits per heavy atom. The molecule has 0 radical (unpaired) electrons. The number of esters is 1. The van der Waals surface area contributed by atoms with Crippen molar-refractivity contribution in [2.24, 2.45) is 0 Å². The molecule has 118 valence electrons. The van der Waals surface area contributed by atoms with Gasteiger partial charge in [-0.15, -0.1) is 0 Å². The summed E-state index contributed by atoms with van der Waals surface area (Å²) in [5.74, 6) is -0.228. The molecule has 0 saturated carbocycles. The minimum Gasteiger partial charge on any atom is -0.449 e. The number of carbonyl (C=O) groups is 1. The molecule has 1 heterocycles. The Kier molecular flexibility index (Phi) is 4.89. The smallest absolute Gasteiger partial charge is 0.335 e. The lowest BCUT2D eigenvalue weighted by Crippen LogP contribution is -2.30. The van der Waals surface area contributed by atoms with Crippen molar-refractivity contribution in [3.8, 4) is 0 Å². The molecule has 0 amide bonds. The maximum absolute atomic E-state index is 12.6. The number of hydrogen-bond acceptors (Lipinski definition) is 3. The molecule has 0 bridgehead atoms. The standard InChI is InChI=1S/C20H21NO2/c1-21-14-8-13-18(15-21)20(22)23-19(16-9-4-2-5-10-16)17-11-6-3-7-12-17/h2-7,9-13,19H,8,14-15H2,1H3. The fourth-order valence-corrected chi connectivity index (χ4v) is 2.81. The Morgan fingerprint density at radius 1 is 1.00 bits per heavy atom. The highest BCUT2D eigenvalue weighted by Crippen LogP contribution is 2.27. The highest BCUT2D eigenvalue weighted by atomic mass is 16.5. The molecular weight excluding hydrogens is 286 g/mol. The van der Waals surface area contributed by atoms with Gasteiger partial charge in [0.15, 0.2) is 6.10 Å². The normalized spacial score (nSPS) is 15.3. The topological polar surface area (TPSA) is 29.5 Å². The third-order valence-corrected chi connectivity index (χ3v) is 4.03. The summed E-state index contributed by atoms with van der Waals surface area (Å²) in [5, 5.41) is 0. The van der Waals surface area contributed by atoms with E-state index in [-0.39, 0.29) is 12.1 Å². The van der Waals surface area contributed by atoms with Crippen molar-refractivity contribution < 1.29 is 9.53 Å². The first-order valence-corrected chi connectivity index (χ1v) is 7.92. The fraction of sp³-hybridized carbons (Fsp3) is 0.250. The van der Waals surface area contributed by atoms with Gasteiger partial charge in [-0.2, -0.15) is 0 Å². The number of likely N-dealkylation sites (N-methyl/N-ethyl adjacent to an activating group) is 1. The second-order valence-electron chi connectivity index (χ2n) is 5.86. The lowest BCUT2D eigenvalue weighted by atomic mass is 10.0. The molecule has 0 saturated heterocycles. The molecule has 1 aliphatic rings. The molecule has 0 aromatic heterocycles. The van der Waals surface area contributed by atoms with E-state index in [0.717, 1.165) is 29.7 Å². The molecule has 0 unspecified atom stereocenters. The van der Waals surface area contributed by atoms with Crippen LogP contribution in [0.15, 0.2) is 72.3 Å². The predicted molar refractivity (Wildman–Crippen MR) is 91.0 cm³/mol. The number of hydrogen-bond donors (Lipinski definition) is 0. The molecule has 3 nitrogen and oxygen atoms in total. The molecule has 0 atom stereocenters. The van der Waals surface area contributed by atoms with E-state index in [9.17, 15) is 4.79 Å². The van der Waals surface area contributed by atoms with E-state index in [1.807, 2.05) is 73.8 Å². The maximum atomic E-state index is 12.6. The SMILES string of the molecule is CN1CCC=C(C(=O)OC(c2ccccc2)c2ccccc2)C1. The molecule has 0 fully saturated rings. The minimum absolute atomic E-state index is 0.228. The van der Waals surface area contributed by atoms with Crippen LogP contribution in [0.3, 0.4) is 0 Å². The number of carbonyl (C=O) groups excluding carboxylic acids is 1. The van der Waals surface area contributed by atoms with Crippen molar-refractivity contribution in [2.45, 2.75) is 12.5 Å². The third kappa shape index (κ3) is 3.88. The van der Waals surface area contributed by atoms with Crippen LogP contribution in [0.5, 0.6) is 0 Å². The van der Waals surface area contributed by atoms with Crippen molar-refractivity contribution in [2.75, 3.05) is 20.1 Å². The van der Waals surface area contributed by atoms with Crippen molar-refractivity contribution >= 4 is 5.97 Å². The summed E-state index contributed by atoms with van der Waals surface area (Å²) >= 11 is 0. The number of nitrogens with zero attached hydrogens (tertiary/aromatic N) is 1. The van der Waals surface area contributed by atoms with E-state index in [0.29, 0.717) is 6.54 Å².